The number of hydrogen-bond donors (Lipinski definition) is 0. The Balaban J connectivity index is 1.46. The molecule has 1 amide bonds. The first-order chi connectivity index (χ1) is 14.8. The van der Waals surface area contributed by atoms with Crippen LogP contribution in [0, 0.1) is 5.92 Å². The van der Waals surface area contributed by atoms with Gasteiger partial charge in [0.2, 0.25) is 9.84 Å². The zero-order chi connectivity index (χ0) is 22.4. The topological polar surface area (TPSA) is 80.8 Å². The van der Waals surface area contributed by atoms with Crippen molar-refractivity contribution in [2.45, 2.75) is 29.9 Å². The van der Waals surface area contributed by atoms with E-state index in [-0.39, 0.29) is 11.5 Å². The van der Waals surface area contributed by atoms with Gasteiger partial charge in [0.15, 0.2) is 6.61 Å². The number of ether oxygens (including phenoxy) is 1. The maximum Gasteiger partial charge on any atom is 0.341 e. The van der Waals surface area contributed by atoms with Crippen molar-refractivity contribution in [2.24, 2.45) is 5.92 Å². The van der Waals surface area contributed by atoms with Crippen molar-refractivity contribution in [1.82, 2.24) is 4.90 Å². The van der Waals surface area contributed by atoms with Gasteiger partial charge in [-0.05, 0) is 55.0 Å². The summed E-state index contributed by atoms with van der Waals surface area (Å²) in [5, 5.41) is 0. The van der Waals surface area contributed by atoms with Gasteiger partial charge >= 0.3 is 11.7 Å². The third-order valence-corrected chi connectivity index (χ3v) is 6.71. The van der Waals surface area contributed by atoms with Gasteiger partial charge in [0, 0.05) is 13.1 Å². The van der Waals surface area contributed by atoms with E-state index in [0.29, 0.717) is 19.0 Å². The number of sulfone groups is 1. The van der Waals surface area contributed by atoms with Gasteiger partial charge in [-0.15, -0.1) is 0 Å². The van der Waals surface area contributed by atoms with Crippen LogP contribution in [0.3, 0.4) is 0 Å². The molecule has 2 aromatic carbocycles. The number of nitrogens with zero attached hydrogens (tertiary/aromatic N) is 1. The van der Waals surface area contributed by atoms with E-state index in [9.17, 15) is 26.8 Å². The average molecular weight is 451 g/mol. The molecule has 0 atom stereocenters. The predicted molar refractivity (Wildman–Crippen MR) is 109 cm³/mol. The second kappa shape index (κ2) is 10.00. The zero-order valence-corrected chi connectivity index (χ0v) is 17.6. The number of benzene rings is 2. The van der Waals surface area contributed by atoms with Gasteiger partial charge in [0.25, 0.3) is 5.91 Å². The van der Waals surface area contributed by atoms with Crippen molar-refractivity contribution in [1.29, 1.82) is 0 Å². The largest absolute Gasteiger partial charge is 0.452 e. The van der Waals surface area contributed by atoms with Gasteiger partial charge in [-0.25, -0.2) is 13.2 Å². The Morgan fingerprint density at radius 2 is 1.61 bits per heavy atom. The van der Waals surface area contributed by atoms with E-state index in [4.69, 9.17) is 4.74 Å². The molecule has 1 heterocycles. The Morgan fingerprint density at radius 1 is 1.00 bits per heavy atom. The van der Waals surface area contributed by atoms with E-state index in [1.165, 1.54) is 5.56 Å². The fourth-order valence-electron chi connectivity index (χ4n) is 3.52. The first-order valence-corrected chi connectivity index (χ1v) is 11.4. The van der Waals surface area contributed by atoms with Crippen LogP contribution in [-0.2, 0) is 25.8 Å². The van der Waals surface area contributed by atoms with E-state index in [0.717, 1.165) is 43.5 Å². The number of hydrogen-bond acceptors (Lipinski definition) is 5. The molecule has 0 radical (unpaired) electrons. The average Bonchev–Trinajstić information content (AvgIpc) is 2.78. The van der Waals surface area contributed by atoms with Crippen LogP contribution in [0.1, 0.15) is 28.8 Å². The smallest absolute Gasteiger partial charge is 0.341 e. The molecule has 6 nitrogen and oxygen atoms in total. The highest BCUT2D eigenvalue weighted by molar-refractivity contribution is 7.91. The summed E-state index contributed by atoms with van der Waals surface area (Å²) in [5.41, 5.74) is 1.25. The molecule has 0 saturated carbocycles. The Bertz CT molecular complexity index is 1000. The molecule has 1 fully saturated rings. The van der Waals surface area contributed by atoms with Crippen LogP contribution >= 0.6 is 0 Å². The fraction of sp³-hybridized carbons (Fsp3) is 0.364. The molecular weight excluding hydrogens is 428 g/mol. The Morgan fingerprint density at radius 3 is 2.19 bits per heavy atom. The fourth-order valence-corrected chi connectivity index (χ4v) is 4.24. The molecule has 0 bridgehead atoms. The van der Waals surface area contributed by atoms with E-state index in [2.05, 4.69) is 12.1 Å². The van der Waals surface area contributed by atoms with Crippen LogP contribution < -0.4 is 0 Å². The van der Waals surface area contributed by atoms with Crippen LogP contribution in [0.2, 0.25) is 0 Å². The van der Waals surface area contributed by atoms with E-state index in [1.807, 2.05) is 18.2 Å². The van der Waals surface area contributed by atoms with Gasteiger partial charge in [-0.3, -0.25) is 4.79 Å². The van der Waals surface area contributed by atoms with Crippen molar-refractivity contribution in [3.8, 4) is 0 Å². The summed E-state index contributed by atoms with van der Waals surface area (Å²) in [6.45, 7) is 0.751. The minimum absolute atomic E-state index is 0.0254. The third kappa shape index (κ3) is 5.88. The molecule has 0 aromatic heterocycles. The molecule has 2 aromatic rings. The number of piperidine rings is 1. The predicted octanol–water partition coefficient (Wildman–Crippen LogP) is 3.32. The zero-order valence-electron chi connectivity index (χ0n) is 16.7. The number of carbonyl (C=O) groups is 2. The highest BCUT2D eigenvalue weighted by Crippen LogP contribution is 2.22. The third-order valence-electron chi connectivity index (χ3n) is 5.31. The minimum atomic E-state index is -4.73. The lowest BCUT2D eigenvalue weighted by atomic mass is 9.90. The molecule has 1 aliphatic rings. The number of rotatable bonds is 7. The number of likely N-dealkylation sites (tertiary alicyclic amines) is 1. The molecule has 1 aliphatic heterocycles. The van der Waals surface area contributed by atoms with Crippen molar-refractivity contribution in [3.63, 3.8) is 0 Å². The maximum absolute atomic E-state index is 12.6. The van der Waals surface area contributed by atoms with Gasteiger partial charge in [-0.2, -0.15) is 8.78 Å². The molecule has 31 heavy (non-hydrogen) atoms. The number of esters is 1. The molecule has 1 saturated heterocycles. The van der Waals surface area contributed by atoms with Crippen molar-refractivity contribution in [3.05, 3.63) is 65.7 Å². The van der Waals surface area contributed by atoms with Crippen LogP contribution in [0.4, 0.5) is 8.78 Å². The first kappa shape index (κ1) is 22.9. The summed E-state index contributed by atoms with van der Waals surface area (Å²) in [6.07, 6.45) is 2.71. The van der Waals surface area contributed by atoms with Crippen LogP contribution in [0.5, 0.6) is 0 Å². The maximum atomic E-state index is 12.6. The second-order valence-corrected chi connectivity index (χ2v) is 9.34. The van der Waals surface area contributed by atoms with Gasteiger partial charge < -0.3 is 9.64 Å². The highest BCUT2D eigenvalue weighted by atomic mass is 32.2. The van der Waals surface area contributed by atoms with Gasteiger partial charge in [0.1, 0.15) is 0 Å². The molecule has 0 unspecified atom stereocenters. The monoisotopic (exact) mass is 451 g/mol. The summed E-state index contributed by atoms with van der Waals surface area (Å²) in [4.78, 5) is 25.5. The number of halogens is 2. The standard InChI is InChI=1S/C22H23F2NO5S/c23-22(24)31(28,29)19-8-6-18(7-9-19)21(27)30-15-20(26)25-12-10-17(11-13-25)14-16-4-2-1-3-5-16/h1-9,17,22H,10-15H2. The van der Waals surface area contributed by atoms with Crippen LogP contribution in [0.15, 0.2) is 59.5 Å². The Labute approximate surface area is 179 Å². The first-order valence-electron chi connectivity index (χ1n) is 9.88. The SMILES string of the molecule is O=C(OCC(=O)N1CCC(Cc2ccccc2)CC1)c1ccc(S(=O)(=O)C(F)F)cc1. The summed E-state index contributed by atoms with van der Waals surface area (Å²) in [5.74, 6) is -4.17. The summed E-state index contributed by atoms with van der Waals surface area (Å²) in [6, 6.07) is 14.2. The van der Waals surface area contributed by atoms with E-state index >= 15 is 0 Å². The van der Waals surface area contributed by atoms with Crippen molar-refractivity contribution < 1.29 is 31.5 Å². The molecule has 0 aliphatic carbocycles. The molecule has 0 N–H and O–H groups in total. The highest BCUT2D eigenvalue weighted by Gasteiger charge is 2.27. The van der Waals surface area contributed by atoms with Crippen molar-refractivity contribution >= 4 is 21.7 Å². The normalized spacial score (nSPS) is 15.1. The second-order valence-electron chi connectivity index (χ2n) is 7.42. The number of carbonyl (C=O) groups excluding carboxylic acids is 2. The molecular formula is C22H23F2NO5S. The lowest BCUT2D eigenvalue weighted by Gasteiger charge is -2.32. The van der Waals surface area contributed by atoms with E-state index in [1.54, 1.807) is 4.90 Å². The quantitative estimate of drug-likeness (QED) is 0.604. The Hall–Kier alpha value is -2.81. The molecule has 9 heteroatoms. The van der Waals surface area contributed by atoms with Crippen LogP contribution in [0.25, 0.3) is 0 Å². The van der Waals surface area contributed by atoms with Crippen molar-refractivity contribution in [2.75, 3.05) is 19.7 Å². The molecule has 166 valence electrons. The van der Waals surface area contributed by atoms with E-state index < -0.39 is 33.1 Å². The summed E-state index contributed by atoms with van der Waals surface area (Å²) < 4.78 is 52.9. The number of amides is 1. The van der Waals surface area contributed by atoms with Gasteiger partial charge in [0.05, 0.1) is 10.5 Å². The number of alkyl halides is 2. The minimum Gasteiger partial charge on any atom is -0.452 e. The van der Waals surface area contributed by atoms with Gasteiger partial charge in [-0.1, -0.05) is 30.3 Å². The summed E-state index contributed by atoms with van der Waals surface area (Å²) >= 11 is 0. The lowest BCUT2D eigenvalue weighted by Crippen LogP contribution is -2.41. The molecule has 0 spiro atoms. The Kier molecular flexibility index (Phi) is 7.37. The summed E-state index contributed by atoms with van der Waals surface area (Å²) in [7, 11) is -4.73. The molecule has 3 rings (SSSR count). The lowest BCUT2D eigenvalue weighted by molar-refractivity contribution is -0.135. The van der Waals surface area contributed by atoms with Crippen LogP contribution in [-0.4, -0.2) is 50.6 Å².